The molecule has 1 aliphatic rings. The summed E-state index contributed by atoms with van der Waals surface area (Å²) in [6.45, 7) is 2.94. The van der Waals surface area contributed by atoms with Gasteiger partial charge in [0.25, 0.3) is 0 Å². The van der Waals surface area contributed by atoms with Crippen molar-refractivity contribution in [3.63, 3.8) is 0 Å². The van der Waals surface area contributed by atoms with E-state index in [0.717, 1.165) is 31.5 Å². The van der Waals surface area contributed by atoms with Gasteiger partial charge in [-0.1, -0.05) is 12.1 Å². The molecule has 4 N–H and O–H groups in total. The van der Waals surface area contributed by atoms with E-state index in [1.807, 2.05) is 18.2 Å². The lowest BCUT2D eigenvalue weighted by molar-refractivity contribution is 0.137. The number of nitrogens with two attached hydrogens (primary N) is 2. The van der Waals surface area contributed by atoms with Crippen molar-refractivity contribution in [1.29, 1.82) is 0 Å². The molecule has 0 aliphatic carbocycles. The van der Waals surface area contributed by atoms with Crippen LogP contribution in [0.4, 0.5) is 20.5 Å². The van der Waals surface area contributed by atoms with Gasteiger partial charge >= 0.3 is 0 Å². The largest absolute Gasteiger partial charge is 0.492 e. The van der Waals surface area contributed by atoms with Gasteiger partial charge in [0.2, 0.25) is 5.95 Å². The van der Waals surface area contributed by atoms with E-state index in [9.17, 15) is 8.78 Å². The zero-order chi connectivity index (χ0) is 20.4. The maximum absolute atomic E-state index is 13.4. The molecule has 1 saturated heterocycles. The Hall–Kier alpha value is -3.00. The van der Waals surface area contributed by atoms with E-state index in [-0.39, 0.29) is 5.95 Å². The normalized spacial score (nSPS) is 15.7. The van der Waals surface area contributed by atoms with Gasteiger partial charge in [-0.05, 0) is 61.7 Å². The van der Waals surface area contributed by atoms with E-state index >= 15 is 0 Å². The molecular weight excluding hydrogens is 376 g/mol. The Balaban J connectivity index is 1.33. The average Bonchev–Trinajstić information content (AvgIpc) is 2.70. The minimum absolute atomic E-state index is 0.139. The van der Waals surface area contributed by atoms with Gasteiger partial charge in [-0.15, -0.1) is 0 Å². The fourth-order valence-corrected chi connectivity index (χ4v) is 3.73. The van der Waals surface area contributed by atoms with Crippen molar-refractivity contribution >= 4 is 22.7 Å². The summed E-state index contributed by atoms with van der Waals surface area (Å²) < 4.78 is 32.5. The Labute approximate surface area is 167 Å². The fourth-order valence-electron chi connectivity index (χ4n) is 3.73. The molecule has 6 nitrogen and oxygen atoms in total. The third-order valence-corrected chi connectivity index (χ3v) is 5.30. The molecule has 0 unspecified atom stereocenters. The Morgan fingerprint density at radius 1 is 1.03 bits per heavy atom. The summed E-state index contributed by atoms with van der Waals surface area (Å²) in [4.78, 5) is 10.5. The molecular formula is C21H23F2N5O. The molecule has 2 heterocycles. The number of nitrogen functional groups attached to an aromatic ring is 2. The molecule has 0 amide bonds. The number of anilines is 2. The van der Waals surface area contributed by atoms with Gasteiger partial charge in [0, 0.05) is 6.54 Å². The van der Waals surface area contributed by atoms with Crippen LogP contribution < -0.4 is 16.2 Å². The van der Waals surface area contributed by atoms with Crippen LogP contribution in [0.25, 0.3) is 10.9 Å². The Morgan fingerprint density at radius 2 is 1.83 bits per heavy atom. The van der Waals surface area contributed by atoms with Crippen LogP contribution in [0.15, 0.2) is 36.4 Å². The first kappa shape index (κ1) is 19.3. The second-order valence-electron chi connectivity index (χ2n) is 7.40. The molecule has 2 aromatic carbocycles. The monoisotopic (exact) mass is 399 g/mol. The summed E-state index contributed by atoms with van der Waals surface area (Å²) in [5.41, 5.74) is 13.1. The van der Waals surface area contributed by atoms with E-state index in [0.29, 0.717) is 41.5 Å². The summed E-state index contributed by atoms with van der Waals surface area (Å²) in [6, 6.07) is 9.62. The highest BCUT2D eigenvalue weighted by molar-refractivity contribution is 5.94. The molecule has 1 fully saturated rings. The van der Waals surface area contributed by atoms with E-state index in [2.05, 4.69) is 14.9 Å². The Morgan fingerprint density at radius 3 is 2.59 bits per heavy atom. The smallest absolute Gasteiger partial charge is 0.222 e. The van der Waals surface area contributed by atoms with Crippen LogP contribution in [0.2, 0.25) is 0 Å². The number of likely N-dealkylation sites (tertiary alicyclic amines) is 1. The minimum atomic E-state index is -0.813. The standard InChI is InChI=1S/C21H23F2N5O/c22-15-5-4-14(10-16(15)23)11-28-8-6-13(7-9-28)12-29-18-3-1-2-17-19(18)20(24)27-21(25)26-17/h1-5,10,13H,6-9,11-12H2,(H4,24,25,26,27). The molecule has 0 saturated carbocycles. The SMILES string of the molecule is Nc1nc(N)c2c(OCC3CCN(Cc4ccc(F)c(F)c4)CC3)cccc2n1. The second kappa shape index (κ2) is 8.16. The maximum Gasteiger partial charge on any atom is 0.222 e. The number of nitrogens with zero attached hydrogens (tertiary/aromatic N) is 3. The molecule has 8 heteroatoms. The zero-order valence-corrected chi connectivity index (χ0v) is 15.9. The summed E-state index contributed by atoms with van der Waals surface area (Å²) in [5.74, 6) is -0.103. The molecule has 0 spiro atoms. The average molecular weight is 399 g/mol. The lowest BCUT2D eigenvalue weighted by atomic mass is 9.97. The number of hydrogen-bond donors (Lipinski definition) is 2. The first-order valence-electron chi connectivity index (χ1n) is 9.60. The topological polar surface area (TPSA) is 90.3 Å². The molecule has 0 atom stereocenters. The van der Waals surface area contributed by atoms with Crippen LogP contribution in [-0.2, 0) is 6.54 Å². The van der Waals surface area contributed by atoms with E-state index in [1.54, 1.807) is 6.07 Å². The quantitative estimate of drug-likeness (QED) is 0.684. The zero-order valence-electron chi connectivity index (χ0n) is 15.9. The van der Waals surface area contributed by atoms with E-state index in [4.69, 9.17) is 16.2 Å². The predicted octanol–water partition coefficient (Wildman–Crippen LogP) is 3.36. The Kier molecular flexibility index (Phi) is 5.44. The van der Waals surface area contributed by atoms with Crippen LogP contribution in [0, 0.1) is 17.6 Å². The van der Waals surface area contributed by atoms with Crippen molar-refractivity contribution in [1.82, 2.24) is 14.9 Å². The highest BCUT2D eigenvalue weighted by Gasteiger charge is 2.21. The van der Waals surface area contributed by atoms with Crippen LogP contribution in [0.1, 0.15) is 18.4 Å². The molecule has 152 valence electrons. The molecule has 1 aliphatic heterocycles. The summed E-state index contributed by atoms with van der Waals surface area (Å²) >= 11 is 0. The first-order valence-corrected chi connectivity index (χ1v) is 9.60. The highest BCUT2D eigenvalue weighted by Crippen LogP contribution is 2.30. The summed E-state index contributed by atoms with van der Waals surface area (Å²) in [6.07, 6.45) is 1.93. The minimum Gasteiger partial charge on any atom is -0.492 e. The number of aromatic nitrogens is 2. The summed E-state index contributed by atoms with van der Waals surface area (Å²) in [7, 11) is 0. The van der Waals surface area contributed by atoms with Gasteiger partial charge in [0.15, 0.2) is 11.6 Å². The molecule has 0 radical (unpaired) electrons. The number of fused-ring (bicyclic) bond motifs is 1. The third-order valence-electron chi connectivity index (χ3n) is 5.30. The molecule has 4 rings (SSSR count). The predicted molar refractivity (Wildman–Crippen MR) is 108 cm³/mol. The Bertz CT molecular complexity index is 1020. The third kappa shape index (κ3) is 4.37. The number of benzene rings is 2. The van der Waals surface area contributed by atoms with Crippen molar-refractivity contribution in [2.45, 2.75) is 19.4 Å². The molecule has 29 heavy (non-hydrogen) atoms. The lowest BCUT2D eigenvalue weighted by Crippen LogP contribution is -2.35. The van der Waals surface area contributed by atoms with Crippen LogP contribution in [0.3, 0.4) is 0 Å². The summed E-state index contributed by atoms with van der Waals surface area (Å²) in [5, 5.41) is 0.678. The van der Waals surface area contributed by atoms with Crippen LogP contribution in [0.5, 0.6) is 5.75 Å². The number of rotatable bonds is 5. The molecule has 1 aromatic heterocycles. The van der Waals surface area contributed by atoms with Crippen molar-refractivity contribution in [2.75, 3.05) is 31.2 Å². The first-order chi connectivity index (χ1) is 14.0. The number of hydrogen-bond acceptors (Lipinski definition) is 6. The van der Waals surface area contributed by atoms with Crippen molar-refractivity contribution in [3.05, 3.63) is 53.6 Å². The van der Waals surface area contributed by atoms with Gasteiger partial charge in [-0.2, -0.15) is 4.98 Å². The van der Waals surface area contributed by atoms with Crippen LogP contribution in [-0.4, -0.2) is 34.6 Å². The van der Waals surface area contributed by atoms with Gasteiger partial charge < -0.3 is 16.2 Å². The van der Waals surface area contributed by atoms with E-state index in [1.165, 1.54) is 12.1 Å². The number of piperidine rings is 1. The maximum atomic E-state index is 13.4. The number of halogens is 2. The fraction of sp³-hybridized carbons (Fsp3) is 0.333. The van der Waals surface area contributed by atoms with Gasteiger partial charge in [0.05, 0.1) is 17.5 Å². The lowest BCUT2D eigenvalue weighted by Gasteiger charge is -2.32. The highest BCUT2D eigenvalue weighted by atomic mass is 19.2. The van der Waals surface area contributed by atoms with Crippen LogP contribution >= 0.6 is 0 Å². The number of ether oxygens (including phenoxy) is 1. The van der Waals surface area contributed by atoms with Gasteiger partial charge in [-0.25, -0.2) is 13.8 Å². The van der Waals surface area contributed by atoms with Gasteiger partial charge in [-0.3, -0.25) is 4.90 Å². The van der Waals surface area contributed by atoms with Crippen molar-refractivity contribution in [3.8, 4) is 5.75 Å². The second-order valence-corrected chi connectivity index (χ2v) is 7.40. The van der Waals surface area contributed by atoms with Crippen molar-refractivity contribution < 1.29 is 13.5 Å². The molecule has 0 bridgehead atoms. The molecule has 3 aromatic rings. The van der Waals surface area contributed by atoms with E-state index < -0.39 is 11.6 Å². The van der Waals surface area contributed by atoms with Crippen molar-refractivity contribution in [2.24, 2.45) is 5.92 Å². The van der Waals surface area contributed by atoms with Gasteiger partial charge in [0.1, 0.15) is 11.6 Å².